The van der Waals surface area contributed by atoms with Crippen molar-refractivity contribution < 1.29 is 9.69 Å². The molecule has 162 valence electrons. The summed E-state index contributed by atoms with van der Waals surface area (Å²) in [4.78, 5) is 31.0. The van der Waals surface area contributed by atoms with E-state index in [1.54, 1.807) is 0 Å². The summed E-state index contributed by atoms with van der Waals surface area (Å²) in [5, 5.41) is 3.72. The van der Waals surface area contributed by atoms with Crippen molar-refractivity contribution in [2.75, 3.05) is 31.7 Å². The van der Waals surface area contributed by atoms with Crippen LogP contribution >= 0.6 is 11.8 Å². The van der Waals surface area contributed by atoms with Gasteiger partial charge in [0, 0.05) is 29.9 Å². The van der Waals surface area contributed by atoms with Crippen molar-refractivity contribution in [3.8, 4) is 0 Å². The molecule has 0 radical (unpaired) electrons. The number of fused-ring (bicyclic) bond motifs is 1. The lowest BCUT2D eigenvalue weighted by Crippen LogP contribution is -3.05. The van der Waals surface area contributed by atoms with E-state index in [1.807, 2.05) is 30.5 Å². The number of rotatable bonds is 8. The minimum Gasteiger partial charge on any atom is -0.340 e. The molecule has 30 heavy (non-hydrogen) atoms. The molecule has 0 fully saturated rings. The summed E-state index contributed by atoms with van der Waals surface area (Å²) in [6.07, 6.45) is 5.03. The number of anilines is 1. The summed E-state index contributed by atoms with van der Waals surface area (Å²) in [5.74, 6) is 0.177. The number of hydrogen-bond donors (Lipinski definition) is 2. The number of nitrogens with zero attached hydrogens (tertiary/aromatic N) is 2. The van der Waals surface area contributed by atoms with Gasteiger partial charge in [0.15, 0.2) is 0 Å². The fourth-order valence-corrected chi connectivity index (χ4v) is 4.84. The van der Waals surface area contributed by atoms with Gasteiger partial charge in [0.05, 0.1) is 26.4 Å². The highest BCUT2D eigenvalue weighted by Gasteiger charge is 2.21. The van der Waals surface area contributed by atoms with E-state index in [2.05, 4.69) is 30.5 Å². The number of carbonyl (C=O) groups excluding carboxylic acids is 1. The number of aryl methyl sites for hydroxylation is 2. The lowest BCUT2D eigenvalue weighted by Gasteiger charge is -2.22. The smallest absolute Gasteiger partial charge is 0.340 e. The molecule has 0 aliphatic heterocycles. The van der Waals surface area contributed by atoms with Crippen molar-refractivity contribution in [2.24, 2.45) is 0 Å². The molecular weight excluding hydrogens is 396 g/mol. The average Bonchev–Trinajstić information content (AvgIpc) is 2.70. The summed E-state index contributed by atoms with van der Waals surface area (Å²) >= 11 is 1.38. The first-order valence-corrected chi connectivity index (χ1v) is 11.7. The van der Waals surface area contributed by atoms with Crippen LogP contribution in [0.4, 0.5) is 5.69 Å². The standard InChI is InChI=1S/C23H32N4O2S/c1-16-10-11-19(17(2)14-16)24-21(28)15-30-22-18-8-5-6-9-20(18)27(23(29)25-22)13-7-12-26(3)4/h10-11,14H,5-9,12-13,15H2,1-4H3,(H,24,28)/p+1. The molecule has 1 aromatic heterocycles. The van der Waals surface area contributed by atoms with E-state index in [-0.39, 0.29) is 17.3 Å². The molecule has 0 bridgehead atoms. The average molecular weight is 430 g/mol. The van der Waals surface area contributed by atoms with Crippen LogP contribution in [0.15, 0.2) is 28.0 Å². The van der Waals surface area contributed by atoms with E-state index in [1.165, 1.54) is 27.8 Å². The number of nitrogens with one attached hydrogen (secondary N) is 2. The summed E-state index contributed by atoms with van der Waals surface area (Å²) < 4.78 is 1.87. The van der Waals surface area contributed by atoms with Crippen LogP contribution in [0, 0.1) is 13.8 Å². The molecule has 2 N–H and O–H groups in total. The largest absolute Gasteiger partial charge is 0.348 e. The number of carbonyl (C=O) groups is 1. The zero-order valence-electron chi connectivity index (χ0n) is 18.5. The molecule has 7 heteroatoms. The lowest BCUT2D eigenvalue weighted by atomic mass is 9.97. The lowest BCUT2D eigenvalue weighted by molar-refractivity contribution is -0.858. The monoisotopic (exact) mass is 429 g/mol. The van der Waals surface area contributed by atoms with Gasteiger partial charge in [-0.05, 0) is 51.2 Å². The van der Waals surface area contributed by atoms with E-state index in [9.17, 15) is 9.59 Å². The van der Waals surface area contributed by atoms with Crippen LogP contribution in [-0.2, 0) is 24.2 Å². The van der Waals surface area contributed by atoms with Gasteiger partial charge in [0.25, 0.3) is 0 Å². The maximum absolute atomic E-state index is 12.7. The Balaban J connectivity index is 1.72. The van der Waals surface area contributed by atoms with Gasteiger partial charge in [-0.25, -0.2) is 4.79 Å². The van der Waals surface area contributed by atoms with E-state index in [0.29, 0.717) is 0 Å². The molecule has 1 heterocycles. The maximum Gasteiger partial charge on any atom is 0.348 e. The fraction of sp³-hybridized carbons (Fsp3) is 0.522. The van der Waals surface area contributed by atoms with E-state index in [0.717, 1.165) is 67.2 Å². The Labute approximate surface area is 183 Å². The molecule has 0 atom stereocenters. The van der Waals surface area contributed by atoms with Crippen LogP contribution in [0.5, 0.6) is 0 Å². The van der Waals surface area contributed by atoms with Gasteiger partial charge in [0.1, 0.15) is 5.03 Å². The second kappa shape index (κ2) is 10.3. The van der Waals surface area contributed by atoms with Gasteiger partial charge in [-0.3, -0.25) is 9.36 Å². The van der Waals surface area contributed by atoms with Crippen molar-refractivity contribution >= 4 is 23.4 Å². The number of quaternary nitrogens is 1. The highest BCUT2D eigenvalue weighted by molar-refractivity contribution is 8.00. The maximum atomic E-state index is 12.7. The van der Waals surface area contributed by atoms with Gasteiger partial charge in [-0.1, -0.05) is 29.5 Å². The van der Waals surface area contributed by atoms with Crippen molar-refractivity contribution in [2.45, 2.75) is 57.5 Å². The minimum absolute atomic E-state index is 0.0727. The second-order valence-electron chi connectivity index (χ2n) is 8.45. The molecule has 6 nitrogen and oxygen atoms in total. The van der Waals surface area contributed by atoms with Gasteiger partial charge in [-0.15, -0.1) is 0 Å². The number of amides is 1. The van der Waals surface area contributed by atoms with Crippen LogP contribution in [0.1, 0.15) is 41.6 Å². The van der Waals surface area contributed by atoms with Crippen molar-refractivity contribution in [1.29, 1.82) is 0 Å². The highest BCUT2D eigenvalue weighted by Crippen LogP contribution is 2.28. The van der Waals surface area contributed by atoms with Crippen LogP contribution in [-0.4, -0.2) is 41.9 Å². The molecular formula is C23H33N4O2S+. The summed E-state index contributed by atoms with van der Waals surface area (Å²) in [6, 6.07) is 5.98. The van der Waals surface area contributed by atoms with Gasteiger partial charge in [0.2, 0.25) is 5.91 Å². The van der Waals surface area contributed by atoms with E-state index < -0.39 is 0 Å². The number of benzene rings is 1. The first kappa shape index (κ1) is 22.6. The van der Waals surface area contributed by atoms with E-state index >= 15 is 0 Å². The predicted octanol–water partition coefficient (Wildman–Crippen LogP) is 2.00. The van der Waals surface area contributed by atoms with Crippen LogP contribution in [0.25, 0.3) is 0 Å². The Kier molecular flexibility index (Phi) is 7.72. The second-order valence-corrected chi connectivity index (χ2v) is 9.41. The SMILES string of the molecule is Cc1ccc(NC(=O)CSc2nc(=O)n(CCC[NH+](C)C)c3c2CCCC3)c(C)c1. The third kappa shape index (κ3) is 5.73. The molecule has 0 spiro atoms. The van der Waals surface area contributed by atoms with Crippen LogP contribution < -0.4 is 15.9 Å². The minimum atomic E-state index is -0.179. The third-order valence-corrected chi connectivity index (χ3v) is 6.52. The quantitative estimate of drug-likeness (QED) is 0.498. The van der Waals surface area contributed by atoms with Crippen LogP contribution in [0.3, 0.4) is 0 Å². The third-order valence-electron chi connectivity index (χ3n) is 5.51. The summed E-state index contributed by atoms with van der Waals surface area (Å²) in [6.45, 7) is 5.77. The van der Waals surface area contributed by atoms with Gasteiger partial charge < -0.3 is 10.2 Å². The molecule has 1 amide bonds. The first-order valence-electron chi connectivity index (χ1n) is 10.8. The number of aromatic nitrogens is 2. The van der Waals surface area contributed by atoms with Gasteiger partial charge in [-0.2, -0.15) is 4.98 Å². The van der Waals surface area contributed by atoms with Crippen molar-refractivity contribution in [3.05, 3.63) is 51.1 Å². The summed E-state index contributed by atoms with van der Waals surface area (Å²) in [5.41, 5.74) is 5.17. The molecule has 1 aliphatic rings. The normalized spacial score (nSPS) is 13.4. The number of thioether (sulfide) groups is 1. The van der Waals surface area contributed by atoms with Gasteiger partial charge >= 0.3 is 5.69 Å². The molecule has 2 aromatic rings. The molecule has 1 aromatic carbocycles. The molecule has 0 saturated carbocycles. The zero-order chi connectivity index (χ0) is 21.7. The topological polar surface area (TPSA) is 68.4 Å². The highest BCUT2D eigenvalue weighted by atomic mass is 32.2. The Hall–Kier alpha value is -2.12. The molecule has 1 aliphatic carbocycles. The molecule has 0 unspecified atom stereocenters. The summed E-state index contributed by atoms with van der Waals surface area (Å²) in [7, 11) is 4.25. The van der Waals surface area contributed by atoms with E-state index in [4.69, 9.17) is 0 Å². The Bertz CT molecular complexity index is 968. The number of hydrogen-bond acceptors (Lipinski definition) is 4. The van der Waals surface area contributed by atoms with Crippen LogP contribution in [0.2, 0.25) is 0 Å². The van der Waals surface area contributed by atoms with Crippen molar-refractivity contribution in [3.63, 3.8) is 0 Å². The Morgan fingerprint density at radius 2 is 2.00 bits per heavy atom. The molecule has 3 rings (SSSR count). The Morgan fingerprint density at radius 3 is 2.73 bits per heavy atom. The molecule has 0 saturated heterocycles. The first-order chi connectivity index (χ1) is 14.3. The predicted molar refractivity (Wildman–Crippen MR) is 123 cm³/mol. The fourth-order valence-electron chi connectivity index (χ4n) is 3.96. The Morgan fingerprint density at radius 1 is 1.23 bits per heavy atom. The van der Waals surface area contributed by atoms with Crippen molar-refractivity contribution in [1.82, 2.24) is 9.55 Å². The zero-order valence-corrected chi connectivity index (χ0v) is 19.3.